The molecule has 0 unspecified atom stereocenters. The van der Waals surface area contributed by atoms with Crippen LogP contribution in [0.5, 0.6) is 0 Å². The van der Waals surface area contributed by atoms with Crippen molar-refractivity contribution in [3.63, 3.8) is 0 Å². The highest BCUT2D eigenvalue weighted by Crippen LogP contribution is 2.43. The molecule has 0 amide bonds. The van der Waals surface area contributed by atoms with Crippen LogP contribution in [0.2, 0.25) is 0 Å². The summed E-state index contributed by atoms with van der Waals surface area (Å²) >= 11 is 0. The van der Waals surface area contributed by atoms with E-state index in [9.17, 15) is 0 Å². The minimum absolute atomic E-state index is 0.607. The zero-order valence-electron chi connectivity index (χ0n) is 37.4. The predicted molar refractivity (Wildman–Crippen MR) is 285 cm³/mol. The lowest BCUT2D eigenvalue weighted by Gasteiger charge is -2.11. The Hall–Kier alpha value is -9.59. The van der Waals surface area contributed by atoms with Crippen LogP contribution in [0.15, 0.2) is 233 Å². The molecule has 15 rings (SSSR count). The Labute approximate surface area is 399 Å². The number of furan rings is 2. The van der Waals surface area contributed by atoms with Crippen molar-refractivity contribution in [2.75, 3.05) is 0 Å². The van der Waals surface area contributed by atoms with E-state index in [0.717, 1.165) is 116 Å². The van der Waals surface area contributed by atoms with E-state index in [1.54, 1.807) is 0 Å². The molecule has 7 heteroatoms. The third-order valence-corrected chi connectivity index (χ3v) is 13.9. The molecule has 0 atom stereocenters. The largest absolute Gasteiger partial charge is 0.456 e. The summed E-state index contributed by atoms with van der Waals surface area (Å²) in [6.45, 7) is 0. The van der Waals surface area contributed by atoms with E-state index in [-0.39, 0.29) is 0 Å². The maximum absolute atomic E-state index is 6.86. The van der Waals surface area contributed by atoms with Crippen LogP contribution >= 0.6 is 0 Å². The fourth-order valence-corrected chi connectivity index (χ4v) is 10.7. The number of benzene rings is 10. The van der Waals surface area contributed by atoms with Crippen LogP contribution < -0.4 is 0 Å². The summed E-state index contributed by atoms with van der Waals surface area (Å²) in [6, 6.07) is 78.6. The first kappa shape index (κ1) is 38.5. The van der Waals surface area contributed by atoms with Gasteiger partial charge in [0, 0.05) is 83.3 Å². The summed E-state index contributed by atoms with van der Waals surface area (Å²) < 4.78 is 17.9. The molecule has 70 heavy (non-hydrogen) atoms. The summed E-state index contributed by atoms with van der Waals surface area (Å²) in [4.78, 5) is 15.0. The van der Waals surface area contributed by atoms with Gasteiger partial charge in [0.25, 0.3) is 0 Å². The van der Waals surface area contributed by atoms with E-state index in [2.05, 4.69) is 161 Å². The topological polar surface area (TPSA) is 74.8 Å². The number of rotatable bonds is 6. The second-order valence-electron chi connectivity index (χ2n) is 18.0. The predicted octanol–water partition coefficient (Wildman–Crippen LogP) is 16.5. The smallest absolute Gasteiger partial charge is 0.164 e. The van der Waals surface area contributed by atoms with Gasteiger partial charge in [-0.05, 0) is 83.9 Å². The maximum Gasteiger partial charge on any atom is 0.164 e. The monoisotopic (exact) mass is 895 g/mol. The third kappa shape index (κ3) is 5.91. The van der Waals surface area contributed by atoms with Gasteiger partial charge in [0.1, 0.15) is 22.3 Å². The second kappa shape index (κ2) is 15.0. The highest BCUT2D eigenvalue weighted by atomic mass is 16.3. The molecule has 0 aliphatic carbocycles. The number of aromatic nitrogens is 5. The molecule has 0 saturated heterocycles. The van der Waals surface area contributed by atoms with Gasteiger partial charge in [-0.2, -0.15) is 0 Å². The van der Waals surface area contributed by atoms with Gasteiger partial charge in [-0.3, -0.25) is 0 Å². The first-order chi connectivity index (χ1) is 34.7. The van der Waals surface area contributed by atoms with Crippen LogP contribution in [0.3, 0.4) is 0 Å². The number of hydrogen-bond donors (Lipinski definition) is 0. The van der Waals surface area contributed by atoms with Crippen molar-refractivity contribution in [3.05, 3.63) is 224 Å². The average molecular weight is 896 g/mol. The van der Waals surface area contributed by atoms with Crippen LogP contribution in [0, 0.1) is 0 Å². The minimum atomic E-state index is 0.607. The fourth-order valence-electron chi connectivity index (χ4n) is 10.7. The van der Waals surface area contributed by atoms with Crippen LogP contribution in [0.4, 0.5) is 0 Å². The lowest BCUT2D eigenvalue weighted by molar-refractivity contribution is 0.669. The SMILES string of the molecule is c1ccc(-c2nc(-c3ccccc3)nc(-c3cccc(-n4c5ccccc5c5cc6c(cc54)oc4cc(-c5ccc7c(c5)c5cc8c(cc5n7-c5ccccc5)oc5ccccc58)ccc46)c3)n2)cc1. The zero-order chi connectivity index (χ0) is 45.9. The molecule has 0 N–H and O–H groups in total. The van der Waals surface area contributed by atoms with Crippen molar-refractivity contribution >= 4 is 87.5 Å². The summed E-state index contributed by atoms with van der Waals surface area (Å²) in [5.74, 6) is 1.86. The van der Waals surface area contributed by atoms with Crippen LogP contribution in [0.25, 0.3) is 144 Å². The quantitative estimate of drug-likeness (QED) is 0.166. The Morgan fingerprint density at radius 1 is 0.243 bits per heavy atom. The molecular weight excluding hydrogens is 859 g/mol. The molecule has 0 fully saturated rings. The summed E-state index contributed by atoms with van der Waals surface area (Å²) in [5, 5.41) is 9.06. The molecular formula is C63H37N5O2. The maximum atomic E-state index is 6.86. The lowest BCUT2D eigenvalue weighted by Crippen LogP contribution is -2.01. The van der Waals surface area contributed by atoms with Crippen molar-refractivity contribution in [2.45, 2.75) is 0 Å². The van der Waals surface area contributed by atoms with Gasteiger partial charge in [-0.1, -0.05) is 140 Å². The Morgan fingerprint density at radius 2 is 0.714 bits per heavy atom. The summed E-state index contributed by atoms with van der Waals surface area (Å²) in [5.41, 5.74) is 14.9. The van der Waals surface area contributed by atoms with Gasteiger partial charge in [0.2, 0.25) is 0 Å². The molecule has 5 aromatic heterocycles. The molecule has 15 aromatic rings. The molecule has 0 aliphatic rings. The molecule has 326 valence electrons. The average Bonchev–Trinajstić information content (AvgIpc) is 4.16. The van der Waals surface area contributed by atoms with E-state index in [1.165, 1.54) is 10.8 Å². The number of hydrogen-bond acceptors (Lipinski definition) is 5. The molecule has 0 bridgehead atoms. The van der Waals surface area contributed by atoms with Crippen LogP contribution in [0.1, 0.15) is 0 Å². The first-order valence-electron chi connectivity index (χ1n) is 23.5. The van der Waals surface area contributed by atoms with E-state index in [0.29, 0.717) is 17.5 Å². The second-order valence-corrected chi connectivity index (χ2v) is 18.0. The first-order valence-corrected chi connectivity index (χ1v) is 23.5. The van der Waals surface area contributed by atoms with Crippen molar-refractivity contribution in [2.24, 2.45) is 0 Å². The van der Waals surface area contributed by atoms with Crippen molar-refractivity contribution in [3.8, 4) is 56.7 Å². The van der Waals surface area contributed by atoms with Crippen molar-refractivity contribution < 1.29 is 8.83 Å². The number of nitrogens with zero attached hydrogens (tertiary/aromatic N) is 5. The molecule has 7 nitrogen and oxygen atoms in total. The fraction of sp³-hybridized carbons (Fsp3) is 0. The van der Waals surface area contributed by atoms with Crippen LogP contribution in [-0.2, 0) is 0 Å². The summed E-state index contributed by atoms with van der Waals surface area (Å²) in [7, 11) is 0. The molecule has 0 saturated carbocycles. The Bertz CT molecular complexity index is 4530. The van der Waals surface area contributed by atoms with Gasteiger partial charge in [-0.15, -0.1) is 0 Å². The lowest BCUT2D eigenvalue weighted by atomic mass is 10.0. The molecule has 0 spiro atoms. The van der Waals surface area contributed by atoms with E-state index in [4.69, 9.17) is 23.8 Å². The third-order valence-electron chi connectivity index (χ3n) is 13.9. The minimum Gasteiger partial charge on any atom is -0.456 e. The van der Waals surface area contributed by atoms with Crippen molar-refractivity contribution in [1.29, 1.82) is 0 Å². The Morgan fingerprint density at radius 3 is 1.43 bits per heavy atom. The zero-order valence-corrected chi connectivity index (χ0v) is 37.4. The van der Waals surface area contributed by atoms with E-state index >= 15 is 0 Å². The highest BCUT2D eigenvalue weighted by Gasteiger charge is 2.21. The Balaban J connectivity index is 0.867. The molecule has 10 aromatic carbocycles. The standard InChI is InChI=1S/C63H37N5O2/c1-4-15-38(16-5-1)61-64-62(39-17-6-2-7-18-39)66-63(65-61)42-19-14-22-44(31-42)68-53-25-12-10-23-45(53)49-34-52-47-29-27-41(33-58(47)70-60(52)36-55(49)68)40-28-30-54-48(32-40)50-35-51-46-24-11-13-26-57(46)69-59(51)37-56(50)67(54)43-20-8-3-9-21-43/h1-37H. The molecule has 5 heterocycles. The van der Waals surface area contributed by atoms with E-state index < -0.39 is 0 Å². The van der Waals surface area contributed by atoms with Gasteiger partial charge < -0.3 is 18.0 Å². The van der Waals surface area contributed by atoms with Gasteiger partial charge >= 0.3 is 0 Å². The summed E-state index contributed by atoms with van der Waals surface area (Å²) in [6.07, 6.45) is 0. The molecule has 0 aliphatic heterocycles. The van der Waals surface area contributed by atoms with Crippen molar-refractivity contribution in [1.82, 2.24) is 24.1 Å². The van der Waals surface area contributed by atoms with Gasteiger partial charge in [0.15, 0.2) is 17.5 Å². The number of fused-ring (bicyclic) bond motifs is 12. The van der Waals surface area contributed by atoms with Crippen LogP contribution in [-0.4, -0.2) is 24.1 Å². The number of para-hydroxylation sites is 3. The van der Waals surface area contributed by atoms with E-state index in [1.807, 2.05) is 72.8 Å². The Kier molecular flexibility index (Phi) is 8.23. The van der Waals surface area contributed by atoms with Gasteiger partial charge in [-0.25, -0.2) is 15.0 Å². The van der Waals surface area contributed by atoms with Gasteiger partial charge in [0.05, 0.1) is 22.1 Å². The molecule has 0 radical (unpaired) electrons. The highest BCUT2D eigenvalue weighted by molar-refractivity contribution is 6.19. The normalized spacial score (nSPS) is 12.0.